The van der Waals surface area contributed by atoms with Crippen molar-refractivity contribution in [1.29, 1.82) is 0 Å². The van der Waals surface area contributed by atoms with Gasteiger partial charge in [-0.15, -0.1) is 0 Å². The number of benzene rings is 8. The molecule has 8 aromatic rings. The van der Waals surface area contributed by atoms with Gasteiger partial charge >= 0.3 is 0 Å². The van der Waals surface area contributed by atoms with Gasteiger partial charge in [0.1, 0.15) is 11.9 Å². The predicted octanol–water partition coefficient (Wildman–Crippen LogP) is 13.3. The molecule has 0 bridgehead atoms. The van der Waals surface area contributed by atoms with Crippen molar-refractivity contribution < 1.29 is 4.74 Å². The van der Waals surface area contributed by atoms with Crippen LogP contribution >= 0.6 is 0 Å². The minimum absolute atomic E-state index is 0.0105. The van der Waals surface area contributed by atoms with Crippen molar-refractivity contribution in [3.63, 3.8) is 0 Å². The summed E-state index contributed by atoms with van der Waals surface area (Å²) >= 11 is 0. The van der Waals surface area contributed by atoms with E-state index < -0.39 is 0 Å². The first kappa shape index (κ1) is 29.5. The first-order valence-corrected chi connectivity index (χ1v) is 17.8. The summed E-state index contributed by atoms with van der Waals surface area (Å²) < 4.78 is 6.72. The Bertz CT molecular complexity index is 2540. The predicted molar refractivity (Wildman–Crippen MR) is 214 cm³/mol. The molecule has 2 atom stereocenters. The second-order valence-electron chi connectivity index (χ2n) is 13.6. The summed E-state index contributed by atoms with van der Waals surface area (Å²) in [5, 5.41) is 4.96. The maximum Gasteiger partial charge on any atom is 0.128 e. The van der Waals surface area contributed by atoms with E-state index in [2.05, 4.69) is 194 Å². The zero-order chi connectivity index (χ0) is 33.7. The van der Waals surface area contributed by atoms with Gasteiger partial charge in [-0.2, -0.15) is 0 Å². The quantitative estimate of drug-likeness (QED) is 0.168. The third-order valence-electron chi connectivity index (χ3n) is 10.6. The van der Waals surface area contributed by atoms with E-state index in [4.69, 9.17) is 4.74 Å². The molecule has 1 heteroatoms. The summed E-state index contributed by atoms with van der Waals surface area (Å²) in [6.45, 7) is 0. The third-order valence-corrected chi connectivity index (χ3v) is 10.6. The first-order valence-electron chi connectivity index (χ1n) is 17.8. The SMILES string of the molecule is C1=CC2Oc3cc(-c4ccccc4)cc(-c4c5ccccc5c(-c5cc(-c6ccccc6)cc(-c6ccccc6)c5)c5ccccc45)c3C2C=C1. The van der Waals surface area contributed by atoms with Gasteiger partial charge < -0.3 is 4.74 Å². The van der Waals surface area contributed by atoms with E-state index in [-0.39, 0.29) is 12.0 Å². The molecule has 1 aliphatic carbocycles. The maximum absolute atomic E-state index is 6.72. The highest BCUT2D eigenvalue weighted by Gasteiger charge is 2.36. The molecule has 1 nitrogen and oxygen atoms in total. The molecule has 0 spiro atoms. The Morgan fingerprint density at radius 2 is 0.784 bits per heavy atom. The van der Waals surface area contributed by atoms with Crippen LogP contribution in [0.2, 0.25) is 0 Å². The summed E-state index contributed by atoms with van der Waals surface area (Å²) in [7, 11) is 0. The molecule has 1 aliphatic heterocycles. The summed E-state index contributed by atoms with van der Waals surface area (Å²) in [5.74, 6) is 1.12. The molecule has 2 unspecified atom stereocenters. The average molecular weight is 651 g/mol. The normalized spacial score (nSPS) is 15.8. The molecule has 1 heterocycles. The molecule has 2 aliphatic rings. The van der Waals surface area contributed by atoms with E-state index in [1.54, 1.807) is 0 Å². The molecule has 0 aromatic heterocycles. The Morgan fingerprint density at radius 1 is 0.353 bits per heavy atom. The molecule has 0 fully saturated rings. The molecule has 51 heavy (non-hydrogen) atoms. The summed E-state index contributed by atoms with van der Waals surface area (Å²) in [6, 6.07) is 61.9. The summed E-state index contributed by atoms with van der Waals surface area (Å²) in [5.41, 5.74) is 13.4. The van der Waals surface area contributed by atoms with Crippen molar-refractivity contribution in [3.05, 3.63) is 200 Å². The number of ether oxygens (including phenoxy) is 1. The van der Waals surface area contributed by atoms with E-state index in [0.29, 0.717) is 0 Å². The lowest BCUT2D eigenvalue weighted by atomic mass is 9.80. The lowest BCUT2D eigenvalue weighted by Crippen LogP contribution is -2.15. The van der Waals surface area contributed by atoms with Crippen molar-refractivity contribution in [2.45, 2.75) is 12.0 Å². The van der Waals surface area contributed by atoms with E-state index >= 15 is 0 Å². The monoisotopic (exact) mass is 650 g/mol. The number of rotatable bonds is 5. The van der Waals surface area contributed by atoms with Gasteiger partial charge in [0.2, 0.25) is 0 Å². The van der Waals surface area contributed by atoms with Gasteiger partial charge in [-0.05, 0) is 114 Å². The van der Waals surface area contributed by atoms with Crippen molar-refractivity contribution in [2.24, 2.45) is 0 Å². The molecule has 0 radical (unpaired) electrons. The second-order valence-corrected chi connectivity index (χ2v) is 13.6. The number of hydrogen-bond acceptors (Lipinski definition) is 1. The van der Waals surface area contributed by atoms with Crippen LogP contribution < -0.4 is 4.74 Å². The van der Waals surface area contributed by atoms with Crippen LogP contribution in [0.15, 0.2) is 194 Å². The lowest BCUT2D eigenvalue weighted by Gasteiger charge is -2.22. The molecule has 8 aromatic carbocycles. The minimum Gasteiger partial charge on any atom is -0.485 e. The van der Waals surface area contributed by atoms with Crippen LogP contribution in [0.3, 0.4) is 0 Å². The van der Waals surface area contributed by atoms with Gasteiger partial charge in [0.25, 0.3) is 0 Å². The lowest BCUT2D eigenvalue weighted by molar-refractivity contribution is 0.269. The average Bonchev–Trinajstić information content (AvgIpc) is 3.59. The van der Waals surface area contributed by atoms with Gasteiger partial charge in [0, 0.05) is 11.5 Å². The second kappa shape index (κ2) is 12.2. The van der Waals surface area contributed by atoms with Gasteiger partial charge in [-0.1, -0.05) is 158 Å². The first-order chi connectivity index (χ1) is 25.3. The topological polar surface area (TPSA) is 9.23 Å². The summed E-state index contributed by atoms with van der Waals surface area (Å²) in [4.78, 5) is 0. The Kier molecular flexibility index (Phi) is 7.03. The molecular weight excluding hydrogens is 617 g/mol. The van der Waals surface area contributed by atoms with Crippen molar-refractivity contribution in [2.75, 3.05) is 0 Å². The fourth-order valence-corrected chi connectivity index (χ4v) is 8.27. The summed E-state index contributed by atoms with van der Waals surface area (Å²) in [6.07, 6.45) is 8.76. The molecule has 0 amide bonds. The van der Waals surface area contributed by atoms with E-state index in [9.17, 15) is 0 Å². The highest BCUT2D eigenvalue weighted by Crippen LogP contribution is 2.52. The van der Waals surface area contributed by atoms with Gasteiger partial charge in [-0.25, -0.2) is 0 Å². The van der Waals surface area contributed by atoms with Crippen LogP contribution in [0.5, 0.6) is 5.75 Å². The molecule has 0 N–H and O–H groups in total. The number of fused-ring (bicyclic) bond motifs is 5. The molecule has 10 rings (SSSR count). The highest BCUT2D eigenvalue weighted by molar-refractivity contribution is 6.22. The third kappa shape index (κ3) is 5.01. The van der Waals surface area contributed by atoms with Crippen molar-refractivity contribution in [1.82, 2.24) is 0 Å². The molecule has 0 saturated heterocycles. The minimum atomic E-state index is -0.0105. The fourth-order valence-electron chi connectivity index (χ4n) is 8.27. The molecule has 0 saturated carbocycles. The zero-order valence-corrected chi connectivity index (χ0v) is 28.0. The molecular formula is C50H34O. The van der Waals surface area contributed by atoms with E-state index in [1.165, 1.54) is 77.2 Å². The Hall–Kier alpha value is -6.44. The van der Waals surface area contributed by atoms with Crippen molar-refractivity contribution >= 4 is 21.5 Å². The Balaban J connectivity index is 1.29. The van der Waals surface area contributed by atoms with E-state index in [1.807, 2.05) is 0 Å². The van der Waals surface area contributed by atoms with Crippen LogP contribution in [0.1, 0.15) is 11.5 Å². The molecule has 240 valence electrons. The highest BCUT2D eigenvalue weighted by atomic mass is 16.5. The van der Waals surface area contributed by atoms with Crippen LogP contribution in [0.4, 0.5) is 0 Å². The zero-order valence-electron chi connectivity index (χ0n) is 28.0. The van der Waals surface area contributed by atoms with Crippen LogP contribution in [0.25, 0.3) is 77.2 Å². The Morgan fingerprint density at radius 3 is 1.31 bits per heavy atom. The van der Waals surface area contributed by atoms with Gasteiger partial charge in [-0.3, -0.25) is 0 Å². The fraction of sp³-hybridized carbons (Fsp3) is 0.0400. The van der Waals surface area contributed by atoms with Gasteiger partial charge in [0.15, 0.2) is 0 Å². The van der Waals surface area contributed by atoms with Crippen molar-refractivity contribution in [3.8, 4) is 61.4 Å². The largest absolute Gasteiger partial charge is 0.485 e. The van der Waals surface area contributed by atoms with E-state index in [0.717, 1.165) is 11.3 Å². The van der Waals surface area contributed by atoms with Crippen LogP contribution in [-0.2, 0) is 0 Å². The smallest absolute Gasteiger partial charge is 0.128 e. The van der Waals surface area contributed by atoms with Gasteiger partial charge in [0.05, 0.1) is 0 Å². The van der Waals surface area contributed by atoms with Crippen LogP contribution in [0, 0.1) is 0 Å². The number of allylic oxidation sites excluding steroid dienone is 2. The number of hydrogen-bond donors (Lipinski definition) is 0. The standard InChI is InChI=1S/C50H34O/c1-4-16-33(17-5-1)36-28-37(34-18-6-2-7-19-34)30-39(29-36)48-40-22-10-12-24-42(40)49(43-25-13-11-23-41(43)48)45-31-38(35-20-8-3-9-21-35)32-47-50(45)44-26-14-15-27-46(44)51-47/h1-32,44,46H. The Labute approximate surface area is 298 Å². The van der Waals surface area contributed by atoms with Crippen LogP contribution in [-0.4, -0.2) is 6.10 Å². The maximum atomic E-state index is 6.72.